The molecule has 30 heavy (non-hydrogen) atoms. The van der Waals surface area contributed by atoms with Crippen molar-refractivity contribution >= 4 is 11.5 Å². The molecule has 0 bridgehead atoms. The van der Waals surface area contributed by atoms with Gasteiger partial charge >= 0.3 is 0 Å². The first-order valence-electron chi connectivity index (χ1n) is 10.8. The zero-order chi connectivity index (χ0) is 20.5. The summed E-state index contributed by atoms with van der Waals surface area (Å²) in [6, 6.07) is 6.24. The van der Waals surface area contributed by atoms with Gasteiger partial charge in [0, 0.05) is 38.3 Å². The number of aromatic nitrogens is 4. The number of benzene rings is 1. The van der Waals surface area contributed by atoms with E-state index in [4.69, 9.17) is 9.72 Å². The second-order valence-electron chi connectivity index (χ2n) is 8.91. The van der Waals surface area contributed by atoms with E-state index < -0.39 is 0 Å². The zero-order valence-corrected chi connectivity index (χ0v) is 17.4. The van der Waals surface area contributed by atoms with Gasteiger partial charge in [-0.2, -0.15) is 9.50 Å². The molecule has 0 unspecified atom stereocenters. The normalized spacial score (nSPS) is 20.0. The molecule has 1 saturated heterocycles. The smallest absolute Gasteiger partial charge is 0.299 e. The number of piperazine rings is 1. The number of aryl methyl sites for hydroxylation is 1. The highest BCUT2D eigenvalue weighted by Crippen LogP contribution is 2.37. The summed E-state index contributed by atoms with van der Waals surface area (Å²) in [5, 5.41) is 8.03. The van der Waals surface area contributed by atoms with Gasteiger partial charge in [0.2, 0.25) is 5.78 Å². The van der Waals surface area contributed by atoms with Crippen LogP contribution in [0.25, 0.3) is 17.2 Å². The Morgan fingerprint density at radius 3 is 2.83 bits per heavy atom. The summed E-state index contributed by atoms with van der Waals surface area (Å²) in [6.07, 6.45) is 1.95. The van der Waals surface area contributed by atoms with Gasteiger partial charge in [-0.1, -0.05) is 12.1 Å². The van der Waals surface area contributed by atoms with Gasteiger partial charge in [-0.25, -0.2) is 0 Å². The molecule has 0 radical (unpaired) electrons. The fourth-order valence-corrected chi connectivity index (χ4v) is 5.08. The Morgan fingerprint density at radius 2 is 2.00 bits per heavy atom. The fraction of sp³-hybridized carbons (Fsp3) is 0.500. The monoisotopic (exact) mass is 406 g/mol. The van der Waals surface area contributed by atoms with E-state index >= 15 is 0 Å². The average molecular weight is 406 g/mol. The van der Waals surface area contributed by atoms with E-state index in [1.165, 1.54) is 10.1 Å². The largest absolute Gasteiger partial charge is 0.366 e. The fourth-order valence-electron chi connectivity index (χ4n) is 5.08. The van der Waals surface area contributed by atoms with E-state index in [9.17, 15) is 4.79 Å². The summed E-state index contributed by atoms with van der Waals surface area (Å²) in [5.41, 5.74) is 4.89. The molecule has 3 aromatic rings. The van der Waals surface area contributed by atoms with Crippen LogP contribution in [-0.4, -0.2) is 45.3 Å². The van der Waals surface area contributed by atoms with Crippen LogP contribution < -0.4 is 15.8 Å². The molecule has 0 amide bonds. The van der Waals surface area contributed by atoms with Gasteiger partial charge in [-0.3, -0.25) is 4.79 Å². The summed E-state index contributed by atoms with van der Waals surface area (Å²) in [7, 11) is 0. The standard InChI is InChI=1S/C22H26N6O2/c1-22(2)16-6-5-14(12-15(16)13-30-22)19-24-21-27-9-3-4-17(27)18(20(29)28(21)25-19)26-10-7-23-8-11-26/h5-6,12,23H,3-4,7-11,13H2,1-2H3. The molecule has 6 rings (SSSR count). The first-order chi connectivity index (χ1) is 14.5. The van der Waals surface area contributed by atoms with Crippen molar-refractivity contribution in [1.29, 1.82) is 0 Å². The molecule has 5 heterocycles. The van der Waals surface area contributed by atoms with E-state index in [-0.39, 0.29) is 11.2 Å². The van der Waals surface area contributed by atoms with Crippen LogP contribution in [0.2, 0.25) is 0 Å². The van der Waals surface area contributed by atoms with Crippen LogP contribution in [0.5, 0.6) is 0 Å². The Bertz CT molecular complexity index is 1220. The zero-order valence-electron chi connectivity index (χ0n) is 17.4. The Labute approximate surface area is 174 Å². The maximum atomic E-state index is 13.5. The lowest BCUT2D eigenvalue weighted by atomic mass is 9.94. The van der Waals surface area contributed by atoms with Gasteiger partial charge in [0.05, 0.1) is 17.9 Å². The predicted octanol–water partition coefficient (Wildman–Crippen LogP) is 1.68. The maximum absolute atomic E-state index is 13.5. The van der Waals surface area contributed by atoms with Crippen molar-refractivity contribution in [2.24, 2.45) is 0 Å². The van der Waals surface area contributed by atoms with Gasteiger partial charge in [0.25, 0.3) is 5.56 Å². The maximum Gasteiger partial charge on any atom is 0.299 e. The number of hydrogen-bond donors (Lipinski definition) is 1. The van der Waals surface area contributed by atoms with Crippen molar-refractivity contribution in [3.8, 4) is 11.4 Å². The van der Waals surface area contributed by atoms with E-state index in [1.54, 1.807) is 0 Å². The number of nitrogens with one attached hydrogen (secondary N) is 1. The van der Waals surface area contributed by atoms with Crippen LogP contribution in [0.4, 0.5) is 5.69 Å². The van der Waals surface area contributed by atoms with Crippen LogP contribution in [-0.2, 0) is 29.9 Å². The molecule has 1 fully saturated rings. The third-order valence-corrected chi connectivity index (χ3v) is 6.65. The molecule has 8 heteroatoms. The second kappa shape index (κ2) is 6.39. The minimum absolute atomic E-state index is 0.0515. The van der Waals surface area contributed by atoms with E-state index in [1.807, 2.05) is 6.07 Å². The molecule has 2 aromatic heterocycles. The first kappa shape index (κ1) is 18.1. The second-order valence-corrected chi connectivity index (χ2v) is 8.91. The number of fused-ring (bicyclic) bond motifs is 4. The van der Waals surface area contributed by atoms with Crippen LogP contribution >= 0.6 is 0 Å². The van der Waals surface area contributed by atoms with Crippen LogP contribution in [0, 0.1) is 0 Å². The highest BCUT2D eigenvalue weighted by molar-refractivity contribution is 5.62. The highest BCUT2D eigenvalue weighted by atomic mass is 16.5. The molecular weight excluding hydrogens is 380 g/mol. The topological polar surface area (TPSA) is 76.7 Å². The quantitative estimate of drug-likeness (QED) is 0.698. The number of hydrogen-bond acceptors (Lipinski definition) is 6. The predicted molar refractivity (Wildman–Crippen MR) is 114 cm³/mol. The van der Waals surface area contributed by atoms with Crippen molar-refractivity contribution in [2.45, 2.75) is 45.4 Å². The number of anilines is 1. The number of rotatable bonds is 2. The lowest BCUT2D eigenvalue weighted by Crippen LogP contribution is -2.46. The number of nitrogens with zero attached hydrogens (tertiary/aromatic N) is 5. The summed E-state index contributed by atoms with van der Waals surface area (Å²) in [5.74, 6) is 1.25. The molecule has 0 spiro atoms. The molecule has 3 aliphatic heterocycles. The van der Waals surface area contributed by atoms with Gasteiger partial charge < -0.3 is 19.5 Å². The average Bonchev–Trinajstić information content (AvgIpc) is 3.46. The van der Waals surface area contributed by atoms with Crippen molar-refractivity contribution in [3.63, 3.8) is 0 Å². The Hall–Kier alpha value is -2.71. The van der Waals surface area contributed by atoms with Crippen molar-refractivity contribution in [3.05, 3.63) is 45.4 Å². The highest BCUT2D eigenvalue weighted by Gasteiger charge is 2.31. The molecule has 0 atom stereocenters. The molecule has 1 N–H and O–H groups in total. The Kier molecular flexibility index (Phi) is 3.85. The van der Waals surface area contributed by atoms with E-state index in [0.29, 0.717) is 18.2 Å². The minimum Gasteiger partial charge on any atom is -0.366 e. The third-order valence-electron chi connectivity index (χ3n) is 6.65. The molecule has 1 aromatic carbocycles. The van der Waals surface area contributed by atoms with E-state index in [0.717, 1.165) is 68.1 Å². The Morgan fingerprint density at radius 1 is 1.17 bits per heavy atom. The van der Waals surface area contributed by atoms with Gasteiger partial charge in [0.15, 0.2) is 5.82 Å². The van der Waals surface area contributed by atoms with E-state index in [2.05, 4.69) is 45.9 Å². The SMILES string of the molecule is CC1(C)OCc2cc(-c3nc4n5c(c(N6CCNCC6)c(=O)n4n3)CCC5)ccc21. The van der Waals surface area contributed by atoms with Gasteiger partial charge in [-0.15, -0.1) is 5.10 Å². The van der Waals surface area contributed by atoms with Crippen LogP contribution in [0.1, 0.15) is 37.1 Å². The lowest BCUT2D eigenvalue weighted by Gasteiger charge is -2.30. The van der Waals surface area contributed by atoms with Crippen molar-refractivity contribution in [1.82, 2.24) is 24.5 Å². The summed E-state index contributed by atoms with van der Waals surface area (Å²) in [4.78, 5) is 20.5. The third kappa shape index (κ3) is 2.56. The minimum atomic E-state index is -0.267. The molecule has 3 aliphatic rings. The molecule has 156 valence electrons. The van der Waals surface area contributed by atoms with Gasteiger partial charge in [0.1, 0.15) is 5.69 Å². The molecular formula is C22H26N6O2. The summed E-state index contributed by atoms with van der Waals surface area (Å²) < 4.78 is 9.61. The van der Waals surface area contributed by atoms with Gasteiger partial charge in [-0.05, 0) is 43.9 Å². The first-order valence-corrected chi connectivity index (χ1v) is 10.8. The molecule has 0 saturated carbocycles. The van der Waals surface area contributed by atoms with Crippen molar-refractivity contribution < 1.29 is 4.74 Å². The van der Waals surface area contributed by atoms with Crippen molar-refractivity contribution in [2.75, 3.05) is 31.1 Å². The molecule has 8 nitrogen and oxygen atoms in total. The Balaban J connectivity index is 1.51. The van der Waals surface area contributed by atoms with Crippen LogP contribution in [0.3, 0.4) is 0 Å². The number of ether oxygens (including phenoxy) is 1. The summed E-state index contributed by atoms with van der Waals surface area (Å²) >= 11 is 0. The molecule has 0 aliphatic carbocycles. The summed E-state index contributed by atoms with van der Waals surface area (Å²) in [6.45, 7) is 9.12. The van der Waals surface area contributed by atoms with Crippen LogP contribution in [0.15, 0.2) is 23.0 Å². The lowest BCUT2D eigenvalue weighted by molar-refractivity contribution is -0.00789.